The van der Waals surface area contributed by atoms with Crippen molar-refractivity contribution in [2.45, 2.75) is 0 Å². The predicted octanol–water partition coefficient (Wildman–Crippen LogP) is 10.1. The summed E-state index contributed by atoms with van der Waals surface area (Å²) in [6.07, 6.45) is 0. The van der Waals surface area contributed by atoms with E-state index in [1.54, 1.807) is 30.3 Å². The lowest BCUT2D eigenvalue weighted by Gasteiger charge is -2.11. The molecular weight excluding hydrogens is 556 g/mol. The van der Waals surface area contributed by atoms with Crippen molar-refractivity contribution in [2.75, 3.05) is 0 Å². The van der Waals surface area contributed by atoms with Gasteiger partial charge in [0.25, 0.3) is 0 Å². The van der Waals surface area contributed by atoms with E-state index in [9.17, 15) is 4.11 Å². The van der Waals surface area contributed by atoms with Crippen LogP contribution in [-0.4, -0.2) is 19.5 Å². The van der Waals surface area contributed by atoms with Gasteiger partial charge in [0.05, 0.1) is 45.3 Å². The number of furan rings is 2. The number of benzene rings is 6. The van der Waals surface area contributed by atoms with Crippen LogP contribution in [0.5, 0.6) is 0 Å². The fourth-order valence-corrected chi connectivity index (χ4v) is 5.55. The zero-order valence-corrected chi connectivity index (χ0v) is 22.5. The van der Waals surface area contributed by atoms with Gasteiger partial charge >= 0.3 is 0 Å². The highest BCUT2D eigenvalue weighted by Crippen LogP contribution is 2.41. The average Bonchev–Trinajstić information content (AvgIpc) is 3.97. The first-order valence-corrected chi connectivity index (χ1v) is 13.5. The van der Waals surface area contributed by atoms with Crippen molar-refractivity contribution in [3.8, 4) is 28.7 Å². The van der Waals surface area contributed by atoms with Crippen molar-refractivity contribution in [1.82, 2.24) is 19.5 Å². The van der Waals surface area contributed by atoms with Crippen LogP contribution in [0.15, 0.2) is 142 Å². The number of rotatable bonds is 3. The summed E-state index contributed by atoms with van der Waals surface area (Å²) in [6.45, 7) is 0. The van der Waals surface area contributed by atoms with Crippen molar-refractivity contribution in [1.29, 1.82) is 0 Å². The zero-order chi connectivity index (χ0) is 44.3. The first-order chi connectivity index (χ1) is 29.4. The molecule has 0 saturated carbocycles. The van der Waals surface area contributed by atoms with Gasteiger partial charge in [0, 0.05) is 32.5 Å². The summed E-state index contributed by atoms with van der Waals surface area (Å²) >= 11 is 0. The van der Waals surface area contributed by atoms with Gasteiger partial charge in [0.1, 0.15) is 22.3 Å². The van der Waals surface area contributed by atoms with Gasteiger partial charge in [-0.15, -0.1) is 0 Å². The second-order valence-electron chi connectivity index (χ2n) is 9.95. The zero-order valence-electron chi connectivity index (χ0n) is 39.5. The lowest BCUT2D eigenvalue weighted by Crippen LogP contribution is -2.06. The standard InChI is InChI=1S/C39H22N4O2/c1-2-11-23(12-3-1)37-40-38(29-17-10-16-26-24-13-5-8-19-32(24)44-35(26)29)42-39(41-37)43-30-18-7-4-15-28(30)34-31(43)22-21-27-25-14-6-9-20-33(25)45-36(27)34/h1-22H/i4D,5D,6D,7D,8D,9D,10D,13D,14D,15D,16D,17D,18D,19D,20D,21D,22D. The van der Waals surface area contributed by atoms with E-state index < -0.39 is 114 Å². The van der Waals surface area contributed by atoms with E-state index in [1.165, 1.54) is 0 Å². The number of nitrogens with zero attached hydrogens (tertiary/aromatic N) is 4. The van der Waals surface area contributed by atoms with Gasteiger partial charge in [-0.3, -0.25) is 4.57 Å². The lowest BCUT2D eigenvalue weighted by atomic mass is 10.1. The molecule has 0 unspecified atom stereocenters. The number of hydrogen-bond donors (Lipinski definition) is 0. The van der Waals surface area contributed by atoms with Gasteiger partial charge < -0.3 is 8.83 Å². The van der Waals surface area contributed by atoms with Crippen molar-refractivity contribution in [3.63, 3.8) is 0 Å². The summed E-state index contributed by atoms with van der Waals surface area (Å²) in [6, 6.07) is -2.25. The van der Waals surface area contributed by atoms with Crippen LogP contribution >= 0.6 is 0 Å². The molecule has 0 amide bonds. The maximum absolute atomic E-state index is 9.45. The Balaban J connectivity index is 1.43. The van der Waals surface area contributed by atoms with Crippen LogP contribution in [0.1, 0.15) is 23.3 Å². The highest BCUT2D eigenvalue weighted by Gasteiger charge is 2.22. The molecule has 0 bridgehead atoms. The summed E-state index contributed by atoms with van der Waals surface area (Å²) < 4.78 is 162. The quantitative estimate of drug-likeness (QED) is 0.203. The third-order valence-corrected chi connectivity index (χ3v) is 7.48. The molecule has 0 fully saturated rings. The highest BCUT2D eigenvalue weighted by molar-refractivity contribution is 6.23. The first-order valence-electron chi connectivity index (χ1n) is 22.0. The van der Waals surface area contributed by atoms with E-state index in [4.69, 9.17) is 33.0 Å². The Kier molecular flexibility index (Phi) is 2.67. The van der Waals surface area contributed by atoms with Crippen molar-refractivity contribution in [3.05, 3.63) is 133 Å². The molecule has 4 heterocycles. The molecule has 6 nitrogen and oxygen atoms in total. The fourth-order valence-electron chi connectivity index (χ4n) is 5.55. The number of hydrogen-bond acceptors (Lipinski definition) is 5. The maximum Gasteiger partial charge on any atom is 0.238 e. The Labute approximate surface area is 279 Å². The average molecular weight is 596 g/mol. The molecule has 0 spiro atoms. The molecule has 0 aliphatic carbocycles. The molecule has 0 N–H and O–H groups in total. The molecule has 0 saturated heterocycles. The number of aromatic nitrogens is 4. The Morgan fingerprint density at radius 2 is 1.16 bits per heavy atom. The Morgan fingerprint density at radius 3 is 1.96 bits per heavy atom. The van der Waals surface area contributed by atoms with Crippen LogP contribution in [0.3, 0.4) is 0 Å². The third-order valence-electron chi connectivity index (χ3n) is 7.48. The minimum atomic E-state index is -0.704. The van der Waals surface area contributed by atoms with Gasteiger partial charge in [-0.25, -0.2) is 4.98 Å². The molecule has 0 aliphatic rings. The predicted molar refractivity (Wildman–Crippen MR) is 180 cm³/mol. The molecule has 210 valence electrons. The van der Waals surface area contributed by atoms with Crippen LogP contribution in [0, 0.1) is 0 Å². The van der Waals surface area contributed by atoms with Gasteiger partial charge in [0.15, 0.2) is 11.6 Å². The summed E-state index contributed by atoms with van der Waals surface area (Å²) in [7, 11) is 0. The SMILES string of the molecule is [2H]c1c([2H])c([2H])c2c(oc3c(-c4nc(-c5ccccc5)nc(-n5c6c([2H])c([2H])c([2H])c([2H])c6c6c7oc8c([2H])c([2H])c([2H])c([2H])c8c7c([2H])c([2H])c65)n4)c([2H])c([2H])c([2H])c32)c1[2H]. The van der Waals surface area contributed by atoms with Gasteiger partial charge in [-0.2, -0.15) is 9.97 Å². The highest BCUT2D eigenvalue weighted by atomic mass is 16.3. The second kappa shape index (κ2) is 9.11. The molecule has 0 atom stereocenters. The smallest absolute Gasteiger partial charge is 0.238 e. The summed E-state index contributed by atoms with van der Waals surface area (Å²) in [5.74, 6) is -0.962. The van der Waals surface area contributed by atoms with Crippen LogP contribution in [0.25, 0.3) is 94.4 Å². The lowest BCUT2D eigenvalue weighted by molar-refractivity contribution is 0.669. The maximum atomic E-state index is 9.45. The number of para-hydroxylation sites is 4. The first kappa shape index (κ1) is 13.2. The van der Waals surface area contributed by atoms with Gasteiger partial charge in [-0.1, -0.05) is 96.8 Å². The molecule has 4 aromatic heterocycles. The van der Waals surface area contributed by atoms with E-state index in [-0.39, 0.29) is 77.1 Å². The molecule has 0 radical (unpaired) electrons. The van der Waals surface area contributed by atoms with Crippen molar-refractivity contribution >= 4 is 65.7 Å². The molecule has 6 heteroatoms. The monoisotopic (exact) mass is 595 g/mol. The molecule has 10 aromatic rings. The van der Waals surface area contributed by atoms with E-state index in [0.29, 0.717) is 5.56 Å². The van der Waals surface area contributed by atoms with Crippen LogP contribution in [0.4, 0.5) is 0 Å². The summed E-state index contributed by atoms with van der Waals surface area (Å²) in [4.78, 5) is 14.0. The Bertz CT molecular complexity index is 3730. The largest absolute Gasteiger partial charge is 0.455 e. The fraction of sp³-hybridized carbons (Fsp3) is 0. The topological polar surface area (TPSA) is 69.9 Å². The molecule has 6 aromatic carbocycles. The third kappa shape index (κ3) is 3.48. The Morgan fingerprint density at radius 1 is 0.511 bits per heavy atom. The van der Waals surface area contributed by atoms with Crippen molar-refractivity contribution < 1.29 is 32.1 Å². The van der Waals surface area contributed by atoms with Crippen LogP contribution in [0.2, 0.25) is 0 Å². The second-order valence-corrected chi connectivity index (χ2v) is 9.95. The summed E-state index contributed by atoms with van der Waals surface area (Å²) in [5.41, 5.74) is -1.92. The molecule has 45 heavy (non-hydrogen) atoms. The van der Waals surface area contributed by atoms with E-state index in [0.717, 1.165) is 4.57 Å². The molecular formula is C39H22N4O2. The van der Waals surface area contributed by atoms with Gasteiger partial charge in [-0.05, 0) is 36.3 Å². The van der Waals surface area contributed by atoms with E-state index in [1.807, 2.05) is 0 Å². The van der Waals surface area contributed by atoms with Gasteiger partial charge in [0.2, 0.25) is 5.95 Å². The minimum Gasteiger partial charge on any atom is -0.455 e. The Hall–Kier alpha value is -6.27. The molecule has 10 rings (SSSR count). The summed E-state index contributed by atoms with van der Waals surface area (Å²) in [5, 5.41) is -1.29. The normalized spacial score (nSPS) is 17.3. The molecule has 0 aliphatic heterocycles. The van der Waals surface area contributed by atoms with Crippen molar-refractivity contribution in [2.24, 2.45) is 0 Å². The number of fused-ring (bicyclic) bond motifs is 10. The van der Waals surface area contributed by atoms with E-state index >= 15 is 0 Å². The minimum absolute atomic E-state index is 0.109. The van der Waals surface area contributed by atoms with Crippen LogP contribution in [-0.2, 0) is 0 Å². The van der Waals surface area contributed by atoms with Crippen LogP contribution < -0.4 is 0 Å². The van der Waals surface area contributed by atoms with E-state index in [2.05, 4.69) is 9.97 Å².